The van der Waals surface area contributed by atoms with Gasteiger partial charge in [0.25, 0.3) is 0 Å². The van der Waals surface area contributed by atoms with Gasteiger partial charge in [0.15, 0.2) is 0 Å². The van der Waals surface area contributed by atoms with Gasteiger partial charge in [-0.3, -0.25) is 0 Å². The van der Waals surface area contributed by atoms with Crippen molar-refractivity contribution in [2.75, 3.05) is 5.75 Å². The molecule has 12 heavy (non-hydrogen) atoms. The van der Waals surface area contributed by atoms with Crippen LogP contribution >= 0.6 is 10.7 Å². The second-order valence-electron chi connectivity index (χ2n) is 3.44. The summed E-state index contributed by atoms with van der Waals surface area (Å²) in [5.74, 6) is -0.425. The highest BCUT2D eigenvalue weighted by molar-refractivity contribution is 8.13. The molecule has 0 heterocycles. The van der Waals surface area contributed by atoms with Gasteiger partial charge in [0.1, 0.15) is 0 Å². The van der Waals surface area contributed by atoms with Crippen LogP contribution in [-0.2, 0) is 9.05 Å². The minimum absolute atomic E-state index is 0.425. The van der Waals surface area contributed by atoms with E-state index in [0.717, 1.165) is 0 Å². The van der Waals surface area contributed by atoms with Crippen LogP contribution in [0.3, 0.4) is 0 Å². The van der Waals surface area contributed by atoms with Crippen LogP contribution in [0.15, 0.2) is 0 Å². The lowest BCUT2D eigenvalue weighted by atomic mass is 9.92. The number of rotatable bonds is 4. The van der Waals surface area contributed by atoms with Gasteiger partial charge in [-0.15, -0.1) is 0 Å². The van der Waals surface area contributed by atoms with E-state index in [1.165, 1.54) is 13.8 Å². The van der Waals surface area contributed by atoms with E-state index in [0.29, 0.717) is 0 Å². The molecule has 0 aromatic rings. The van der Waals surface area contributed by atoms with Crippen LogP contribution in [0.5, 0.6) is 0 Å². The molecule has 0 aliphatic rings. The third kappa shape index (κ3) is 6.79. The molecule has 74 valence electrons. The van der Waals surface area contributed by atoms with E-state index in [4.69, 9.17) is 10.7 Å². The molecule has 0 aliphatic heterocycles. The van der Waals surface area contributed by atoms with Crippen LogP contribution in [-0.4, -0.2) is 20.6 Å². The molecule has 0 saturated carbocycles. The first-order valence-corrected chi connectivity index (χ1v) is 5.81. The summed E-state index contributed by atoms with van der Waals surface area (Å²) in [7, 11) is 1.24. The highest BCUT2D eigenvalue weighted by atomic mass is 35.7. The van der Waals surface area contributed by atoms with Gasteiger partial charge >= 0.3 is 0 Å². The molecule has 0 aliphatic carbocycles. The SMILES string of the molecule is CC(C)(CC(F)F)CS(=O)(=O)Cl. The van der Waals surface area contributed by atoms with E-state index in [1.807, 2.05) is 0 Å². The summed E-state index contributed by atoms with van der Waals surface area (Å²) in [6, 6.07) is 0. The van der Waals surface area contributed by atoms with E-state index < -0.39 is 33.1 Å². The fourth-order valence-electron chi connectivity index (χ4n) is 0.943. The van der Waals surface area contributed by atoms with Gasteiger partial charge in [-0.25, -0.2) is 17.2 Å². The maximum Gasteiger partial charge on any atom is 0.239 e. The second kappa shape index (κ2) is 3.87. The molecule has 0 aromatic heterocycles. The van der Waals surface area contributed by atoms with E-state index in [9.17, 15) is 17.2 Å². The normalized spacial score (nSPS) is 13.8. The molecule has 0 radical (unpaired) electrons. The van der Waals surface area contributed by atoms with Gasteiger partial charge in [-0.2, -0.15) is 0 Å². The summed E-state index contributed by atoms with van der Waals surface area (Å²) in [6.07, 6.45) is -2.96. The predicted octanol–water partition coefficient (Wildman–Crippen LogP) is 2.24. The zero-order valence-corrected chi connectivity index (χ0v) is 8.42. The summed E-state index contributed by atoms with van der Waals surface area (Å²) in [4.78, 5) is 0. The van der Waals surface area contributed by atoms with Crippen LogP contribution in [0, 0.1) is 5.41 Å². The molecular weight excluding hydrogens is 210 g/mol. The van der Waals surface area contributed by atoms with Crippen molar-refractivity contribution in [2.24, 2.45) is 5.41 Å². The number of hydrogen-bond acceptors (Lipinski definition) is 2. The van der Waals surface area contributed by atoms with Crippen molar-refractivity contribution in [1.82, 2.24) is 0 Å². The van der Waals surface area contributed by atoms with Crippen LogP contribution in [0.4, 0.5) is 8.78 Å². The van der Waals surface area contributed by atoms with E-state index in [2.05, 4.69) is 0 Å². The fraction of sp³-hybridized carbons (Fsp3) is 1.00. The Kier molecular flexibility index (Phi) is 3.90. The molecule has 0 saturated heterocycles. The first-order chi connectivity index (χ1) is 5.12. The first kappa shape index (κ1) is 12.1. The maximum atomic E-state index is 11.9. The highest BCUT2D eigenvalue weighted by Crippen LogP contribution is 2.27. The highest BCUT2D eigenvalue weighted by Gasteiger charge is 2.28. The Morgan fingerprint density at radius 2 is 1.83 bits per heavy atom. The molecule has 0 bridgehead atoms. The molecule has 0 N–H and O–H groups in total. The average Bonchev–Trinajstić information content (AvgIpc) is 1.48. The van der Waals surface area contributed by atoms with Crippen molar-refractivity contribution in [1.29, 1.82) is 0 Å². The van der Waals surface area contributed by atoms with Crippen LogP contribution in [0.2, 0.25) is 0 Å². The van der Waals surface area contributed by atoms with Crippen LogP contribution in [0.25, 0.3) is 0 Å². The molecule has 0 aromatic carbocycles. The lowest BCUT2D eigenvalue weighted by Crippen LogP contribution is -2.23. The van der Waals surface area contributed by atoms with Gasteiger partial charge < -0.3 is 0 Å². The Labute approximate surface area is 75.3 Å². The zero-order valence-electron chi connectivity index (χ0n) is 6.85. The third-order valence-corrected chi connectivity index (χ3v) is 2.72. The largest absolute Gasteiger partial charge is 0.239 e. The van der Waals surface area contributed by atoms with E-state index >= 15 is 0 Å². The quantitative estimate of drug-likeness (QED) is 0.681. The van der Waals surface area contributed by atoms with Gasteiger partial charge in [0, 0.05) is 17.1 Å². The van der Waals surface area contributed by atoms with Crippen molar-refractivity contribution in [3.63, 3.8) is 0 Å². The van der Waals surface area contributed by atoms with Crippen molar-refractivity contribution in [3.05, 3.63) is 0 Å². The predicted molar refractivity (Wildman–Crippen MR) is 44.0 cm³/mol. The number of halogens is 3. The van der Waals surface area contributed by atoms with Gasteiger partial charge in [0.05, 0.1) is 5.75 Å². The molecule has 0 unspecified atom stereocenters. The second-order valence-corrected chi connectivity index (χ2v) is 6.22. The average molecular weight is 221 g/mol. The third-order valence-electron chi connectivity index (χ3n) is 1.27. The Morgan fingerprint density at radius 3 is 2.08 bits per heavy atom. The summed E-state index contributed by atoms with van der Waals surface area (Å²) < 4.78 is 44.8. The molecule has 0 spiro atoms. The molecular formula is C6H11ClF2O2S. The first-order valence-electron chi connectivity index (χ1n) is 3.33. The Hall–Kier alpha value is 0.1000. The Morgan fingerprint density at radius 1 is 1.42 bits per heavy atom. The number of alkyl halides is 2. The molecule has 2 nitrogen and oxygen atoms in total. The van der Waals surface area contributed by atoms with E-state index in [-0.39, 0.29) is 0 Å². The molecule has 0 atom stereocenters. The topological polar surface area (TPSA) is 34.1 Å². The summed E-state index contributed by atoms with van der Waals surface area (Å²) in [5.41, 5.74) is -0.964. The molecule has 0 rings (SSSR count). The van der Waals surface area contributed by atoms with E-state index in [1.54, 1.807) is 0 Å². The van der Waals surface area contributed by atoms with Gasteiger partial charge in [0.2, 0.25) is 15.5 Å². The number of hydrogen-bond donors (Lipinski definition) is 0. The van der Waals surface area contributed by atoms with Gasteiger partial charge in [-0.1, -0.05) is 13.8 Å². The Balaban J connectivity index is 4.23. The standard InChI is InChI=1S/C6H11ClF2O2S/c1-6(2,3-5(8)9)4-12(7,10)11/h5H,3-4H2,1-2H3. The molecule has 0 amide bonds. The van der Waals surface area contributed by atoms with Crippen molar-refractivity contribution >= 4 is 19.7 Å². The summed E-state index contributed by atoms with van der Waals surface area (Å²) >= 11 is 0. The zero-order chi connectivity index (χ0) is 9.99. The lowest BCUT2D eigenvalue weighted by Gasteiger charge is -2.21. The summed E-state index contributed by atoms with van der Waals surface area (Å²) in [5, 5.41) is 0. The monoisotopic (exact) mass is 220 g/mol. The molecule has 0 fully saturated rings. The minimum Gasteiger partial charge on any atom is -0.212 e. The maximum absolute atomic E-state index is 11.9. The van der Waals surface area contributed by atoms with Crippen LogP contribution in [0.1, 0.15) is 20.3 Å². The van der Waals surface area contributed by atoms with Crippen molar-refractivity contribution in [3.8, 4) is 0 Å². The smallest absolute Gasteiger partial charge is 0.212 e. The van der Waals surface area contributed by atoms with Crippen molar-refractivity contribution in [2.45, 2.75) is 26.7 Å². The lowest BCUT2D eigenvalue weighted by molar-refractivity contribution is 0.0956. The van der Waals surface area contributed by atoms with Gasteiger partial charge in [-0.05, 0) is 5.41 Å². The minimum atomic E-state index is -3.69. The molecule has 6 heteroatoms. The summed E-state index contributed by atoms with van der Waals surface area (Å²) in [6.45, 7) is 2.89. The Bertz CT molecular complexity index is 236. The van der Waals surface area contributed by atoms with Crippen LogP contribution < -0.4 is 0 Å². The fourth-order valence-corrected chi connectivity index (χ4v) is 2.88. The van der Waals surface area contributed by atoms with Crippen molar-refractivity contribution < 1.29 is 17.2 Å².